The van der Waals surface area contributed by atoms with Gasteiger partial charge in [0.05, 0.1) is 13.3 Å². The van der Waals surface area contributed by atoms with Crippen LogP contribution in [0, 0.1) is 4.77 Å². The van der Waals surface area contributed by atoms with Crippen molar-refractivity contribution in [1.29, 1.82) is 0 Å². The Morgan fingerprint density at radius 3 is 2.87 bits per heavy atom. The van der Waals surface area contributed by atoms with E-state index in [1.165, 1.54) is 0 Å². The number of methoxy groups -OCH3 is 1. The molecule has 0 atom stereocenters. The fourth-order valence-corrected chi connectivity index (χ4v) is 2.43. The van der Waals surface area contributed by atoms with Gasteiger partial charge in [0.2, 0.25) is 4.77 Å². The van der Waals surface area contributed by atoms with Crippen LogP contribution in [0.3, 0.4) is 0 Å². The Labute approximate surface area is 143 Å². The molecule has 1 heterocycles. The first-order valence-electron chi connectivity index (χ1n) is 6.79. The Kier molecular flexibility index (Phi) is 4.55. The molecule has 0 bridgehead atoms. The van der Waals surface area contributed by atoms with Crippen LogP contribution in [-0.2, 0) is 0 Å². The lowest BCUT2D eigenvalue weighted by molar-refractivity contribution is 0.415. The molecule has 3 rings (SSSR count). The zero-order valence-electron chi connectivity index (χ0n) is 12.2. The summed E-state index contributed by atoms with van der Waals surface area (Å²) in [7, 11) is 1.62. The number of benzene rings is 2. The third kappa shape index (κ3) is 3.49. The number of rotatable bonds is 4. The molecule has 7 heteroatoms. The Balaban J connectivity index is 1.99. The van der Waals surface area contributed by atoms with Crippen molar-refractivity contribution in [3.8, 4) is 17.1 Å². The van der Waals surface area contributed by atoms with Crippen molar-refractivity contribution in [2.45, 2.75) is 0 Å². The summed E-state index contributed by atoms with van der Waals surface area (Å²) in [4.78, 5) is 0. The van der Waals surface area contributed by atoms with Gasteiger partial charge in [-0.05, 0) is 42.0 Å². The number of H-pyrrole nitrogens is 1. The van der Waals surface area contributed by atoms with E-state index < -0.39 is 0 Å². The maximum Gasteiger partial charge on any atom is 0.216 e. The Hall–Kier alpha value is -2.44. The monoisotopic (exact) mass is 344 g/mol. The van der Waals surface area contributed by atoms with Crippen molar-refractivity contribution in [2.24, 2.45) is 5.10 Å². The average Bonchev–Trinajstić information content (AvgIpc) is 2.94. The summed E-state index contributed by atoms with van der Waals surface area (Å²) in [6.45, 7) is 0. The Bertz CT molecular complexity index is 916. The van der Waals surface area contributed by atoms with Crippen molar-refractivity contribution in [2.75, 3.05) is 7.11 Å². The van der Waals surface area contributed by atoms with E-state index in [-0.39, 0.29) is 0 Å². The highest BCUT2D eigenvalue weighted by molar-refractivity contribution is 7.71. The minimum atomic E-state index is 0.402. The van der Waals surface area contributed by atoms with Gasteiger partial charge in [0, 0.05) is 10.6 Å². The predicted octanol–water partition coefficient (Wildman–Crippen LogP) is 4.15. The van der Waals surface area contributed by atoms with Crippen LogP contribution in [0.25, 0.3) is 11.4 Å². The molecular formula is C16H13ClN4OS. The quantitative estimate of drug-likeness (QED) is 0.571. The largest absolute Gasteiger partial charge is 0.497 e. The molecule has 0 radical (unpaired) electrons. The van der Waals surface area contributed by atoms with E-state index in [1.807, 2.05) is 42.5 Å². The summed E-state index contributed by atoms with van der Waals surface area (Å²) in [5, 5.41) is 12.0. The second kappa shape index (κ2) is 6.76. The number of aromatic amines is 1. The number of hydrogen-bond donors (Lipinski definition) is 1. The molecule has 1 aromatic heterocycles. The van der Waals surface area contributed by atoms with Crippen LogP contribution >= 0.6 is 23.8 Å². The number of nitrogens with zero attached hydrogens (tertiary/aromatic N) is 3. The SMILES string of the molecule is COc1cccc(/C=N\n2c(-c3cccc(Cl)c3)n[nH]c2=S)c1. The summed E-state index contributed by atoms with van der Waals surface area (Å²) in [5.41, 5.74) is 1.72. The number of hydrogen-bond acceptors (Lipinski definition) is 4. The summed E-state index contributed by atoms with van der Waals surface area (Å²) in [6.07, 6.45) is 1.70. The number of halogens is 1. The highest BCUT2D eigenvalue weighted by Gasteiger charge is 2.08. The molecule has 0 aliphatic rings. The van der Waals surface area contributed by atoms with Crippen LogP contribution in [0.2, 0.25) is 5.02 Å². The first-order valence-corrected chi connectivity index (χ1v) is 7.58. The topological polar surface area (TPSA) is 55.2 Å². The second-order valence-electron chi connectivity index (χ2n) is 4.70. The van der Waals surface area contributed by atoms with Gasteiger partial charge in [0.15, 0.2) is 5.82 Å². The second-order valence-corrected chi connectivity index (χ2v) is 5.52. The molecule has 23 heavy (non-hydrogen) atoms. The van der Waals surface area contributed by atoms with Crippen molar-refractivity contribution >= 4 is 30.0 Å². The zero-order valence-corrected chi connectivity index (χ0v) is 13.8. The summed E-state index contributed by atoms with van der Waals surface area (Å²) >= 11 is 11.3. The molecule has 0 saturated carbocycles. The molecule has 2 aromatic carbocycles. The molecule has 3 aromatic rings. The molecular weight excluding hydrogens is 332 g/mol. The molecule has 0 unspecified atom stereocenters. The number of aromatic nitrogens is 3. The Morgan fingerprint density at radius 2 is 2.09 bits per heavy atom. The molecule has 1 N–H and O–H groups in total. The molecule has 0 fully saturated rings. The molecule has 116 valence electrons. The summed E-state index contributed by atoms with van der Waals surface area (Å²) < 4.78 is 7.16. The van der Waals surface area contributed by atoms with Crippen LogP contribution in [0.4, 0.5) is 0 Å². The normalized spacial score (nSPS) is 11.0. The van der Waals surface area contributed by atoms with Gasteiger partial charge in [-0.25, -0.2) is 5.10 Å². The number of nitrogens with one attached hydrogen (secondary N) is 1. The lowest BCUT2D eigenvalue weighted by Gasteiger charge is -2.02. The van der Waals surface area contributed by atoms with Crippen molar-refractivity contribution < 1.29 is 4.74 Å². The van der Waals surface area contributed by atoms with E-state index >= 15 is 0 Å². The summed E-state index contributed by atoms with van der Waals surface area (Å²) in [6, 6.07) is 14.9. The van der Waals surface area contributed by atoms with Crippen molar-refractivity contribution in [1.82, 2.24) is 14.9 Å². The minimum absolute atomic E-state index is 0.402. The Morgan fingerprint density at radius 1 is 1.26 bits per heavy atom. The minimum Gasteiger partial charge on any atom is -0.497 e. The van der Waals surface area contributed by atoms with Gasteiger partial charge in [0.25, 0.3) is 0 Å². The van der Waals surface area contributed by atoms with Gasteiger partial charge in [-0.3, -0.25) is 0 Å². The van der Waals surface area contributed by atoms with E-state index in [4.69, 9.17) is 28.6 Å². The van der Waals surface area contributed by atoms with Gasteiger partial charge >= 0.3 is 0 Å². The van der Waals surface area contributed by atoms with Crippen molar-refractivity contribution in [3.05, 3.63) is 63.9 Å². The molecule has 0 aliphatic heterocycles. The highest BCUT2D eigenvalue weighted by Crippen LogP contribution is 2.21. The predicted molar refractivity (Wildman–Crippen MR) is 93.8 cm³/mol. The first-order chi connectivity index (χ1) is 11.2. The van der Waals surface area contributed by atoms with Gasteiger partial charge in [-0.15, -0.1) is 0 Å². The zero-order chi connectivity index (χ0) is 16.2. The van der Waals surface area contributed by atoms with Crippen LogP contribution in [-0.4, -0.2) is 28.2 Å². The molecule has 5 nitrogen and oxygen atoms in total. The molecule has 0 amide bonds. The van der Waals surface area contributed by atoms with Gasteiger partial charge < -0.3 is 4.74 Å². The van der Waals surface area contributed by atoms with Crippen LogP contribution in [0.5, 0.6) is 5.75 Å². The smallest absolute Gasteiger partial charge is 0.216 e. The van der Waals surface area contributed by atoms with E-state index in [1.54, 1.807) is 24.1 Å². The maximum atomic E-state index is 6.03. The van der Waals surface area contributed by atoms with Gasteiger partial charge in [0.1, 0.15) is 5.75 Å². The lowest BCUT2D eigenvalue weighted by Crippen LogP contribution is -1.95. The summed E-state index contributed by atoms with van der Waals surface area (Å²) in [5.74, 6) is 1.36. The van der Waals surface area contributed by atoms with Crippen LogP contribution in [0.15, 0.2) is 53.6 Å². The first kappa shape index (κ1) is 15.5. The third-order valence-electron chi connectivity index (χ3n) is 3.15. The van der Waals surface area contributed by atoms with Crippen LogP contribution < -0.4 is 4.74 Å². The van der Waals surface area contributed by atoms with Gasteiger partial charge in [-0.1, -0.05) is 35.9 Å². The van der Waals surface area contributed by atoms with E-state index in [0.717, 1.165) is 16.9 Å². The highest BCUT2D eigenvalue weighted by atomic mass is 35.5. The fourth-order valence-electron chi connectivity index (χ4n) is 2.06. The number of ether oxygens (including phenoxy) is 1. The molecule has 0 spiro atoms. The van der Waals surface area contributed by atoms with Gasteiger partial charge in [-0.2, -0.15) is 14.9 Å². The van der Waals surface area contributed by atoms with E-state index in [0.29, 0.717) is 15.6 Å². The third-order valence-corrected chi connectivity index (χ3v) is 3.65. The maximum absolute atomic E-state index is 6.03. The van der Waals surface area contributed by atoms with E-state index in [2.05, 4.69) is 15.3 Å². The standard InChI is InChI=1S/C16H13ClN4OS/c1-22-14-7-2-4-11(8-14)10-18-21-15(19-20-16(21)23)12-5-3-6-13(17)9-12/h2-10H,1H3,(H,20,23)/b18-10-. The van der Waals surface area contributed by atoms with E-state index in [9.17, 15) is 0 Å². The van der Waals surface area contributed by atoms with Crippen molar-refractivity contribution in [3.63, 3.8) is 0 Å². The molecule has 0 aliphatic carbocycles. The lowest BCUT2D eigenvalue weighted by atomic mass is 10.2. The average molecular weight is 345 g/mol. The fraction of sp³-hybridized carbons (Fsp3) is 0.0625. The molecule has 0 saturated heterocycles. The van der Waals surface area contributed by atoms with Crippen LogP contribution in [0.1, 0.15) is 5.56 Å².